The van der Waals surface area contributed by atoms with Crippen LogP contribution in [0.3, 0.4) is 0 Å². The van der Waals surface area contributed by atoms with Crippen LogP contribution in [0.15, 0.2) is 126 Å². The third-order valence-electron chi connectivity index (χ3n) is 6.00. The molecule has 1 aromatic heterocycles. The van der Waals surface area contributed by atoms with Crippen molar-refractivity contribution in [1.29, 1.82) is 0 Å². The van der Waals surface area contributed by atoms with Gasteiger partial charge in [0.25, 0.3) is 0 Å². The predicted molar refractivity (Wildman–Crippen MR) is 167 cm³/mol. The second kappa shape index (κ2) is 13.1. The van der Waals surface area contributed by atoms with E-state index in [2.05, 4.69) is 15.6 Å². The average Bonchev–Trinajstić information content (AvgIpc) is 3.44. The SMILES string of the molecule is Cc1ccc(-c2csc(NC(=O)C(Sc3cccc(NC(=O)/C=C/c4ccccc4)c3)c3ccccc3)n2)cc1. The number of carbonyl (C=O) groups excluding carboxylic acids is 2. The van der Waals surface area contributed by atoms with Gasteiger partial charge in [0.05, 0.1) is 5.69 Å². The van der Waals surface area contributed by atoms with Gasteiger partial charge in [0.2, 0.25) is 11.8 Å². The minimum atomic E-state index is -0.517. The highest BCUT2D eigenvalue weighted by molar-refractivity contribution is 8.00. The number of rotatable bonds is 9. The Morgan fingerprint density at radius 1 is 0.850 bits per heavy atom. The summed E-state index contributed by atoms with van der Waals surface area (Å²) >= 11 is 2.82. The molecule has 0 fully saturated rings. The fourth-order valence-corrected chi connectivity index (χ4v) is 5.77. The van der Waals surface area contributed by atoms with Gasteiger partial charge in [-0.15, -0.1) is 23.1 Å². The Kier molecular flexibility index (Phi) is 8.86. The zero-order chi connectivity index (χ0) is 27.7. The number of aromatic nitrogens is 1. The molecule has 198 valence electrons. The van der Waals surface area contributed by atoms with E-state index < -0.39 is 5.25 Å². The third kappa shape index (κ3) is 7.34. The average molecular weight is 562 g/mol. The number of thiazole rings is 1. The molecule has 1 unspecified atom stereocenters. The van der Waals surface area contributed by atoms with E-state index in [9.17, 15) is 9.59 Å². The Labute approximate surface area is 242 Å². The number of nitrogens with zero attached hydrogens (tertiary/aromatic N) is 1. The van der Waals surface area contributed by atoms with Gasteiger partial charge in [-0.1, -0.05) is 96.6 Å². The van der Waals surface area contributed by atoms with Crippen molar-refractivity contribution in [2.45, 2.75) is 17.1 Å². The molecule has 5 rings (SSSR count). The second-order valence-corrected chi connectivity index (χ2v) is 11.1. The summed E-state index contributed by atoms with van der Waals surface area (Å²) in [7, 11) is 0. The van der Waals surface area contributed by atoms with Gasteiger partial charge < -0.3 is 10.6 Å². The number of hydrogen-bond acceptors (Lipinski definition) is 5. The molecule has 5 aromatic rings. The van der Waals surface area contributed by atoms with Crippen molar-refractivity contribution in [2.24, 2.45) is 0 Å². The van der Waals surface area contributed by atoms with Crippen LogP contribution < -0.4 is 10.6 Å². The Bertz CT molecular complexity index is 1610. The zero-order valence-electron chi connectivity index (χ0n) is 21.8. The molecule has 0 aliphatic carbocycles. The van der Waals surface area contributed by atoms with Crippen molar-refractivity contribution in [2.75, 3.05) is 10.6 Å². The van der Waals surface area contributed by atoms with Crippen LogP contribution in [0.25, 0.3) is 17.3 Å². The molecule has 0 aliphatic heterocycles. The number of benzene rings is 4. The Hall–Kier alpha value is -4.46. The van der Waals surface area contributed by atoms with Gasteiger partial charge >= 0.3 is 0 Å². The molecule has 2 N–H and O–H groups in total. The van der Waals surface area contributed by atoms with E-state index in [0.717, 1.165) is 27.3 Å². The smallest absolute Gasteiger partial charge is 0.248 e. The van der Waals surface area contributed by atoms with Gasteiger partial charge in [0.15, 0.2) is 5.13 Å². The van der Waals surface area contributed by atoms with Crippen molar-refractivity contribution < 1.29 is 9.59 Å². The molecule has 7 heteroatoms. The lowest BCUT2D eigenvalue weighted by molar-refractivity contribution is -0.116. The minimum absolute atomic E-state index is 0.166. The highest BCUT2D eigenvalue weighted by Gasteiger charge is 2.23. The number of anilines is 2. The summed E-state index contributed by atoms with van der Waals surface area (Å²) in [6.07, 6.45) is 3.28. The van der Waals surface area contributed by atoms with E-state index in [0.29, 0.717) is 10.8 Å². The van der Waals surface area contributed by atoms with Crippen molar-refractivity contribution in [3.8, 4) is 11.3 Å². The lowest BCUT2D eigenvalue weighted by Crippen LogP contribution is -2.19. The van der Waals surface area contributed by atoms with Crippen LogP contribution >= 0.6 is 23.1 Å². The molecular formula is C33H27N3O2S2. The Morgan fingerprint density at radius 2 is 1.57 bits per heavy atom. The number of carbonyl (C=O) groups is 2. The van der Waals surface area contributed by atoms with Crippen LogP contribution in [0, 0.1) is 6.92 Å². The number of hydrogen-bond donors (Lipinski definition) is 2. The second-order valence-electron chi connectivity index (χ2n) is 9.06. The summed E-state index contributed by atoms with van der Waals surface area (Å²) in [6.45, 7) is 2.05. The zero-order valence-corrected chi connectivity index (χ0v) is 23.4. The maximum Gasteiger partial charge on any atom is 0.248 e. The lowest BCUT2D eigenvalue weighted by atomic mass is 10.1. The topological polar surface area (TPSA) is 71.1 Å². The van der Waals surface area contributed by atoms with Crippen LogP contribution in [-0.4, -0.2) is 16.8 Å². The summed E-state index contributed by atoms with van der Waals surface area (Å²) < 4.78 is 0. The van der Waals surface area contributed by atoms with Crippen LogP contribution in [0.1, 0.15) is 21.9 Å². The number of aryl methyl sites for hydroxylation is 1. The van der Waals surface area contributed by atoms with Gasteiger partial charge in [-0.05, 0) is 42.3 Å². The van der Waals surface area contributed by atoms with E-state index in [1.54, 1.807) is 6.08 Å². The van der Waals surface area contributed by atoms with Crippen LogP contribution in [-0.2, 0) is 9.59 Å². The summed E-state index contributed by atoms with van der Waals surface area (Å²) in [5.41, 5.74) is 5.50. The van der Waals surface area contributed by atoms with Gasteiger partial charge in [0.1, 0.15) is 5.25 Å². The minimum Gasteiger partial charge on any atom is -0.322 e. The molecule has 40 heavy (non-hydrogen) atoms. The number of nitrogens with one attached hydrogen (secondary N) is 2. The first-order valence-corrected chi connectivity index (χ1v) is 14.5. The largest absolute Gasteiger partial charge is 0.322 e. The number of amides is 2. The summed E-state index contributed by atoms with van der Waals surface area (Å²) in [4.78, 5) is 31.5. The summed E-state index contributed by atoms with van der Waals surface area (Å²) in [5.74, 6) is -0.391. The predicted octanol–water partition coefficient (Wildman–Crippen LogP) is 8.24. The van der Waals surface area contributed by atoms with E-state index in [-0.39, 0.29) is 11.8 Å². The molecule has 0 saturated carbocycles. The van der Waals surface area contributed by atoms with Crippen molar-refractivity contribution in [1.82, 2.24) is 4.98 Å². The van der Waals surface area contributed by atoms with Crippen molar-refractivity contribution in [3.05, 3.63) is 137 Å². The maximum atomic E-state index is 13.5. The van der Waals surface area contributed by atoms with E-state index in [1.807, 2.05) is 121 Å². The molecule has 5 nitrogen and oxygen atoms in total. The molecule has 1 atom stereocenters. The first-order valence-electron chi connectivity index (χ1n) is 12.7. The van der Waals surface area contributed by atoms with E-state index in [1.165, 1.54) is 34.7 Å². The molecule has 4 aromatic carbocycles. The highest BCUT2D eigenvalue weighted by Crippen LogP contribution is 2.37. The maximum absolute atomic E-state index is 13.5. The van der Waals surface area contributed by atoms with Gasteiger partial charge in [-0.3, -0.25) is 9.59 Å². The monoisotopic (exact) mass is 561 g/mol. The van der Waals surface area contributed by atoms with E-state index in [4.69, 9.17) is 0 Å². The third-order valence-corrected chi connectivity index (χ3v) is 8.01. The quantitative estimate of drug-likeness (QED) is 0.140. The number of thioether (sulfide) groups is 1. The van der Waals surface area contributed by atoms with Gasteiger partial charge in [-0.2, -0.15) is 0 Å². The fourth-order valence-electron chi connectivity index (χ4n) is 3.96. The molecular weight excluding hydrogens is 535 g/mol. The van der Waals surface area contributed by atoms with Crippen LogP contribution in [0.5, 0.6) is 0 Å². The standard InChI is InChI=1S/C33H27N3O2S2/c1-23-15-18-25(19-16-23)29-22-39-33(35-29)36-32(38)31(26-11-6-3-7-12-26)40-28-14-8-13-27(21-28)34-30(37)20-17-24-9-4-2-5-10-24/h2-22,31H,1H3,(H,34,37)(H,35,36,38)/b20-17+. The van der Waals surface area contributed by atoms with Gasteiger partial charge in [0, 0.05) is 27.6 Å². The first-order chi connectivity index (χ1) is 19.5. The Morgan fingerprint density at radius 3 is 2.33 bits per heavy atom. The Balaban J connectivity index is 1.30. The molecule has 0 aliphatic rings. The lowest BCUT2D eigenvalue weighted by Gasteiger charge is -2.17. The molecule has 1 heterocycles. The van der Waals surface area contributed by atoms with Crippen molar-refractivity contribution in [3.63, 3.8) is 0 Å². The normalized spacial score (nSPS) is 11.7. The van der Waals surface area contributed by atoms with Crippen molar-refractivity contribution >= 4 is 51.8 Å². The summed E-state index contributed by atoms with van der Waals surface area (Å²) in [6, 6.07) is 35.0. The summed E-state index contributed by atoms with van der Waals surface area (Å²) in [5, 5.41) is 7.90. The van der Waals surface area contributed by atoms with Crippen LogP contribution in [0.2, 0.25) is 0 Å². The molecule has 0 bridgehead atoms. The molecule has 0 spiro atoms. The first kappa shape index (κ1) is 27.1. The van der Waals surface area contributed by atoms with Crippen LogP contribution in [0.4, 0.5) is 10.8 Å². The molecule has 0 radical (unpaired) electrons. The molecule has 2 amide bonds. The molecule has 0 saturated heterocycles. The highest BCUT2D eigenvalue weighted by atomic mass is 32.2. The van der Waals surface area contributed by atoms with E-state index >= 15 is 0 Å². The van der Waals surface area contributed by atoms with Gasteiger partial charge in [-0.25, -0.2) is 4.98 Å². The fraction of sp³-hybridized carbons (Fsp3) is 0.0606.